The van der Waals surface area contributed by atoms with Gasteiger partial charge < -0.3 is 14.7 Å². The lowest BCUT2D eigenvalue weighted by molar-refractivity contribution is -0.149. The maximum Gasteiger partial charge on any atom is 0.306 e. The minimum Gasteiger partial charge on any atom is -0.481 e. The van der Waals surface area contributed by atoms with Gasteiger partial charge in [-0.3, -0.25) is 9.59 Å². The van der Waals surface area contributed by atoms with Gasteiger partial charge in [-0.2, -0.15) is 0 Å². The van der Waals surface area contributed by atoms with Crippen LogP contribution in [0.15, 0.2) is 0 Å². The molecule has 5 nitrogen and oxygen atoms in total. The quantitative estimate of drug-likeness (QED) is 0.774. The summed E-state index contributed by atoms with van der Waals surface area (Å²) in [7, 11) is 0. The van der Waals surface area contributed by atoms with Crippen molar-refractivity contribution in [3.05, 3.63) is 0 Å². The molecule has 2 unspecified atom stereocenters. The molecule has 2 fully saturated rings. The molecule has 0 aliphatic carbocycles. The number of amides is 1. The van der Waals surface area contributed by atoms with Gasteiger partial charge in [0, 0.05) is 19.7 Å². The zero-order chi connectivity index (χ0) is 12.4. The molecule has 0 bridgehead atoms. The van der Waals surface area contributed by atoms with Crippen molar-refractivity contribution in [1.82, 2.24) is 4.90 Å². The van der Waals surface area contributed by atoms with E-state index in [1.165, 1.54) is 0 Å². The fraction of sp³-hybridized carbons (Fsp3) is 0.833. The zero-order valence-corrected chi connectivity index (χ0v) is 10.1. The van der Waals surface area contributed by atoms with E-state index >= 15 is 0 Å². The Hall–Kier alpha value is -1.10. The van der Waals surface area contributed by atoms with Gasteiger partial charge in [0.15, 0.2) is 0 Å². The molecule has 1 N–H and O–H groups in total. The lowest BCUT2D eigenvalue weighted by atomic mass is 9.95. The molecule has 0 aromatic heterocycles. The highest BCUT2D eigenvalue weighted by Gasteiger charge is 2.36. The summed E-state index contributed by atoms with van der Waals surface area (Å²) in [6, 6.07) is 0. The third kappa shape index (κ3) is 2.60. The number of nitrogens with zero attached hydrogens (tertiary/aromatic N) is 1. The van der Waals surface area contributed by atoms with Crippen molar-refractivity contribution >= 4 is 11.9 Å². The molecular weight excluding hydrogens is 222 g/mol. The number of carbonyl (C=O) groups excluding carboxylic acids is 1. The minimum absolute atomic E-state index is 0.0406. The van der Waals surface area contributed by atoms with E-state index in [-0.39, 0.29) is 23.8 Å². The third-order valence-electron chi connectivity index (χ3n) is 3.79. The summed E-state index contributed by atoms with van der Waals surface area (Å²) in [5.41, 5.74) is 0. The van der Waals surface area contributed by atoms with Gasteiger partial charge in [0.2, 0.25) is 0 Å². The molecule has 0 radical (unpaired) electrons. The van der Waals surface area contributed by atoms with Crippen molar-refractivity contribution in [2.24, 2.45) is 11.8 Å². The van der Waals surface area contributed by atoms with Crippen LogP contribution in [0.3, 0.4) is 0 Å². The number of rotatable bonds is 2. The maximum atomic E-state index is 12.1. The van der Waals surface area contributed by atoms with Crippen molar-refractivity contribution in [3.63, 3.8) is 0 Å². The number of carboxylic acids is 1. The number of carbonyl (C=O) groups is 2. The second-order valence-corrected chi connectivity index (χ2v) is 5.00. The Labute approximate surface area is 101 Å². The predicted octanol–water partition coefficient (Wildman–Crippen LogP) is 0.735. The van der Waals surface area contributed by atoms with Crippen LogP contribution in [-0.2, 0) is 14.3 Å². The van der Waals surface area contributed by atoms with E-state index in [0.717, 1.165) is 6.42 Å². The summed E-state index contributed by atoms with van der Waals surface area (Å²) in [6.45, 7) is 3.77. The topological polar surface area (TPSA) is 66.8 Å². The predicted molar refractivity (Wildman–Crippen MR) is 60.5 cm³/mol. The first-order valence-corrected chi connectivity index (χ1v) is 6.23. The Morgan fingerprint density at radius 2 is 1.88 bits per heavy atom. The van der Waals surface area contributed by atoms with E-state index in [9.17, 15) is 9.59 Å². The molecule has 0 aromatic rings. The standard InChI is InChI=1S/C12H19NO4/c1-8-4-7-17-10(8)11(14)13-5-2-9(3-6-13)12(15)16/h8-10H,2-7H2,1H3,(H,15,16). The normalized spacial score (nSPS) is 30.5. The van der Waals surface area contributed by atoms with E-state index in [2.05, 4.69) is 0 Å². The highest BCUT2D eigenvalue weighted by atomic mass is 16.5. The summed E-state index contributed by atoms with van der Waals surface area (Å²) in [6.07, 6.45) is 1.74. The third-order valence-corrected chi connectivity index (χ3v) is 3.79. The van der Waals surface area contributed by atoms with Crippen molar-refractivity contribution < 1.29 is 19.4 Å². The van der Waals surface area contributed by atoms with Gasteiger partial charge in [-0.1, -0.05) is 6.92 Å². The van der Waals surface area contributed by atoms with E-state index < -0.39 is 5.97 Å². The van der Waals surface area contributed by atoms with E-state index in [1.54, 1.807) is 4.90 Å². The van der Waals surface area contributed by atoms with E-state index in [1.807, 2.05) is 6.92 Å². The molecule has 0 saturated carbocycles. The number of ether oxygens (including phenoxy) is 1. The number of hydrogen-bond donors (Lipinski definition) is 1. The average molecular weight is 241 g/mol. The SMILES string of the molecule is CC1CCOC1C(=O)N1CCC(C(=O)O)CC1. The lowest BCUT2D eigenvalue weighted by Gasteiger charge is -2.32. The Bertz CT molecular complexity index is 310. The second-order valence-electron chi connectivity index (χ2n) is 5.00. The van der Waals surface area contributed by atoms with Crippen molar-refractivity contribution in [1.29, 1.82) is 0 Å². The molecule has 0 spiro atoms. The molecule has 5 heteroatoms. The monoisotopic (exact) mass is 241 g/mol. The Morgan fingerprint density at radius 3 is 2.35 bits per heavy atom. The van der Waals surface area contributed by atoms with Crippen LogP contribution in [0.5, 0.6) is 0 Å². The molecule has 96 valence electrons. The summed E-state index contributed by atoms with van der Waals surface area (Å²) in [5.74, 6) is -0.720. The summed E-state index contributed by atoms with van der Waals surface area (Å²) in [4.78, 5) is 24.7. The second kappa shape index (κ2) is 5.04. The zero-order valence-electron chi connectivity index (χ0n) is 10.1. The first kappa shape index (κ1) is 12.4. The first-order chi connectivity index (χ1) is 8.09. The molecule has 2 aliphatic heterocycles. The van der Waals surface area contributed by atoms with Crippen molar-refractivity contribution in [2.75, 3.05) is 19.7 Å². The van der Waals surface area contributed by atoms with Crippen LogP contribution in [0, 0.1) is 11.8 Å². The fourth-order valence-electron chi connectivity index (χ4n) is 2.54. The van der Waals surface area contributed by atoms with Gasteiger partial charge in [0.05, 0.1) is 5.92 Å². The Morgan fingerprint density at radius 1 is 1.24 bits per heavy atom. The maximum absolute atomic E-state index is 12.1. The van der Waals surface area contributed by atoms with Gasteiger partial charge in [0.1, 0.15) is 6.10 Å². The van der Waals surface area contributed by atoms with Crippen LogP contribution in [0.2, 0.25) is 0 Å². The lowest BCUT2D eigenvalue weighted by Crippen LogP contribution is -2.46. The number of piperidine rings is 1. The first-order valence-electron chi connectivity index (χ1n) is 6.23. The highest BCUT2D eigenvalue weighted by Crippen LogP contribution is 2.24. The van der Waals surface area contributed by atoms with Crippen molar-refractivity contribution in [2.45, 2.75) is 32.3 Å². The van der Waals surface area contributed by atoms with Crippen LogP contribution >= 0.6 is 0 Å². The number of hydrogen-bond acceptors (Lipinski definition) is 3. The fourth-order valence-corrected chi connectivity index (χ4v) is 2.54. The molecule has 2 aliphatic rings. The van der Waals surface area contributed by atoms with Gasteiger partial charge in [-0.15, -0.1) is 0 Å². The number of carboxylic acid groups (broad SMARTS) is 1. The van der Waals surface area contributed by atoms with E-state index in [4.69, 9.17) is 9.84 Å². The van der Waals surface area contributed by atoms with E-state index in [0.29, 0.717) is 32.5 Å². The van der Waals surface area contributed by atoms with Crippen LogP contribution in [0.4, 0.5) is 0 Å². The minimum atomic E-state index is -0.748. The van der Waals surface area contributed by atoms with Gasteiger partial charge in [0.25, 0.3) is 5.91 Å². The molecule has 17 heavy (non-hydrogen) atoms. The van der Waals surface area contributed by atoms with Crippen LogP contribution < -0.4 is 0 Å². The smallest absolute Gasteiger partial charge is 0.306 e. The van der Waals surface area contributed by atoms with Crippen molar-refractivity contribution in [3.8, 4) is 0 Å². The van der Waals surface area contributed by atoms with Gasteiger partial charge in [-0.25, -0.2) is 0 Å². The number of likely N-dealkylation sites (tertiary alicyclic amines) is 1. The molecule has 1 amide bonds. The molecule has 2 rings (SSSR count). The average Bonchev–Trinajstić information content (AvgIpc) is 2.74. The summed E-state index contributed by atoms with van der Waals surface area (Å²) >= 11 is 0. The van der Waals surface area contributed by atoms with Crippen LogP contribution in [0.25, 0.3) is 0 Å². The molecule has 2 heterocycles. The van der Waals surface area contributed by atoms with Gasteiger partial charge in [-0.05, 0) is 25.2 Å². The molecule has 0 aromatic carbocycles. The Balaban J connectivity index is 1.88. The molecule has 2 atom stereocenters. The molecular formula is C12H19NO4. The Kier molecular flexibility index (Phi) is 3.66. The summed E-state index contributed by atoms with van der Waals surface area (Å²) < 4.78 is 5.45. The number of aliphatic carboxylic acids is 1. The highest BCUT2D eigenvalue weighted by molar-refractivity contribution is 5.82. The largest absolute Gasteiger partial charge is 0.481 e. The van der Waals surface area contributed by atoms with Crippen LogP contribution in [0.1, 0.15) is 26.2 Å². The van der Waals surface area contributed by atoms with Gasteiger partial charge >= 0.3 is 5.97 Å². The molecule has 2 saturated heterocycles. The van der Waals surface area contributed by atoms with Crippen LogP contribution in [-0.4, -0.2) is 47.7 Å². The summed E-state index contributed by atoms with van der Waals surface area (Å²) in [5, 5.41) is 8.89.